The molecular formula is C30H29N3O2. The first-order valence-corrected chi connectivity index (χ1v) is 12.1. The number of carbonyl (C=O) groups excluding carboxylic acids is 1. The number of carbonyl (C=O) groups is 1. The van der Waals surface area contributed by atoms with Gasteiger partial charge in [-0.05, 0) is 48.6 Å². The van der Waals surface area contributed by atoms with Crippen LogP contribution in [0.2, 0.25) is 0 Å². The second-order valence-corrected chi connectivity index (χ2v) is 9.03. The third-order valence-electron chi connectivity index (χ3n) is 6.69. The number of benzene rings is 2. The summed E-state index contributed by atoms with van der Waals surface area (Å²) in [5.41, 5.74) is 5.79. The van der Waals surface area contributed by atoms with Crippen LogP contribution in [0.5, 0.6) is 5.75 Å². The molecule has 4 aromatic rings. The lowest BCUT2D eigenvalue weighted by Crippen LogP contribution is -2.23. The highest BCUT2D eigenvalue weighted by atomic mass is 16.5. The molecule has 1 aliphatic carbocycles. The molecule has 0 amide bonds. The number of aromatic nitrogens is 3. The number of nitrogens with zero attached hydrogens (tertiary/aromatic N) is 3. The Hall–Kier alpha value is -3.99. The largest absolute Gasteiger partial charge is 0.426 e. The molecule has 0 radical (unpaired) electrons. The first-order chi connectivity index (χ1) is 17.1. The van der Waals surface area contributed by atoms with Gasteiger partial charge in [0.05, 0.1) is 12.2 Å². The molecule has 35 heavy (non-hydrogen) atoms. The third-order valence-corrected chi connectivity index (χ3v) is 6.69. The number of ether oxygens (including phenoxy) is 1. The van der Waals surface area contributed by atoms with Gasteiger partial charge in [-0.1, -0.05) is 60.7 Å². The van der Waals surface area contributed by atoms with Gasteiger partial charge in [0, 0.05) is 48.5 Å². The van der Waals surface area contributed by atoms with Crippen molar-refractivity contribution in [3.05, 3.63) is 125 Å². The molecule has 0 bridgehead atoms. The maximum atomic E-state index is 11.7. The van der Waals surface area contributed by atoms with Gasteiger partial charge in [0.1, 0.15) is 5.75 Å². The van der Waals surface area contributed by atoms with E-state index in [-0.39, 0.29) is 23.8 Å². The van der Waals surface area contributed by atoms with Crippen molar-refractivity contribution in [1.82, 2.24) is 14.8 Å². The Kier molecular flexibility index (Phi) is 6.57. The predicted molar refractivity (Wildman–Crippen MR) is 137 cm³/mol. The molecule has 0 saturated carbocycles. The first kappa shape index (κ1) is 22.8. The van der Waals surface area contributed by atoms with Gasteiger partial charge in [0.15, 0.2) is 0 Å². The zero-order valence-electron chi connectivity index (χ0n) is 20.0. The normalized spacial score (nSPS) is 18.2. The van der Waals surface area contributed by atoms with Crippen molar-refractivity contribution >= 4 is 5.97 Å². The maximum Gasteiger partial charge on any atom is 0.308 e. The molecule has 176 valence electrons. The van der Waals surface area contributed by atoms with E-state index in [0.29, 0.717) is 5.75 Å². The molecule has 5 rings (SSSR count). The fourth-order valence-corrected chi connectivity index (χ4v) is 5.23. The summed E-state index contributed by atoms with van der Waals surface area (Å²) < 4.78 is 7.67. The Morgan fingerprint density at radius 3 is 2.60 bits per heavy atom. The smallest absolute Gasteiger partial charge is 0.308 e. The van der Waals surface area contributed by atoms with Crippen LogP contribution in [0.4, 0.5) is 0 Å². The van der Waals surface area contributed by atoms with E-state index < -0.39 is 0 Å². The minimum absolute atomic E-state index is 0.0532. The SMILES string of the molecule is CC=CC1CC(n2cc(C(c3ccccc3)c3cccnc3)cn2)Cc2c(OC(C)=O)cccc21. The van der Waals surface area contributed by atoms with Gasteiger partial charge < -0.3 is 4.74 Å². The lowest BCUT2D eigenvalue weighted by Gasteiger charge is -2.31. The lowest BCUT2D eigenvalue weighted by atomic mass is 9.79. The fraction of sp³-hybridized carbons (Fsp3) is 0.233. The summed E-state index contributed by atoms with van der Waals surface area (Å²) >= 11 is 0. The van der Waals surface area contributed by atoms with E-state index in [9.17, 15) is 4.79 Å². The topological polar surface area (TPSA) is 57.0 Å². The monoisotopic (exact) mass is 463 g/mol. The number of hydrogen-bond acceptors (Lipinski definition) is 4. The second kappa shape index (κ2) is 10.1. The average molecular weight is 464 g/mol. The molecule has 2 aromatic carbocycles. The summed E-state index contributed by atoms with van der Waals surface area (Å²) in [7, 11) is 0. The van der Waals surface area contributed by atoms with Gasteiger partial charge in [-0.25, -0.2) is 0 Å². The second-order valence-electron chi connectivity index (χ2n) is 9.03. The van der Waals surface area contributed by atoms with Gasteiger partial charge in [-0.2, -0.15) is 5.10 Å². The Morgan fingerprint density at radius 2 is 1.86 bits per heavy atom. The van der Waals surface area contributed by atoms with Crippen LogP contribution in [-0.4, -0.2) is 20.7 Å². The lowest BCUT2D eigenvalue weighted by molar-refractivity contribution is -0.131. The zero-order valence-corrected chi connectivity index (χ0v) is 20.0. The van der Waals surface area contributed by atoms with Crippen LogP contribution in [-0.2, 0) is 11.2 Å². The zero-order chi connectivity index (χ0) is 24.2. The van der Waals surface area contributed by atoms with Gasteiger partial charge in [0.2, 0.25) is 0 Å². The molecule has 3 atom stereocenters. The Balaban J connectivity index is 1.52. The van der Waals surface area contributed by atoms with Crippen LogP contribution in [0.1, 0.15) is 66.0 Å². The van der Waals surface area contributed by atoms with Crippen molar-refractivity contribution in [1.29, 1.82) is 0 Å². The summed E-state index contributed by atoms with van der Waals surface area (Å²) in [6.45, 7) is 3.49. The summed E-state index contributed by atoms with van der Waals surface area (Å²) in [5, 5.41) is 4.83. The van der Waals surface area contributed by atoms with Gasteiger partial charge in [-0.3, -0.25) is 14.5 Å². The van der Waals surface area contributed by atoms with E-state index >= 15 is 0 Å². The number of rotatable bonds is 6. The molecule has 1 aliphatic rings. The van der Waals surface area contributed by atoms with Gasteiger partial charge in [0.25, 0.3) is 0 Å². The van der Waals surface area contributed by atoms with Gasteiger partial charge >= 0.3 is 5.97 Å². The average Bonchev–Trinajstić information content (AvgIpc) is 3.35. The van der Waals surface area contributed by atoms with Crippen LogP contribution in [0.15, 0.2) is 97.6 Å². The number of esters is 1. The van der Waals surface area contributed by atoms with Crippen molar-refractivity contribution < 1.29 is 9.53 Å². The van der Waals surface area contributed by atoms with Crippen LogP contribution in [0, 0.1) is 0 Å². The van der Waals surface area contributed by atoms with E-state index in [2.05, 4.69) is 64.4 Å². The molecule has 2 aromatic heterocycles. The molecule has 0 aliphatic heterocycles. The molecule has 0 N–H and O–H groups in total. The van der Waals surface area contributed by atoms with Crippen molar-refractivity contribution in [3.8, 4) is 5.75 Å². The molecule has 0 spiro atoms. The highest BCUT2D eigenvalue weighted by Crippen LogP contribution is 2.42. The van der Waals surface area contributed by atoms with E-state index in [1.54, 1.807) is 6.20 Å². The minimum atomic E-state index is -0.299. The Labute approximate surface area is 206 Å². The van der Waals surface area contributed by atoms with Crippen LogP contribution in [0.25, 0.3) is 0 Å². The predicted octanol–water partition coefficient (Wildman–Crippen LogP) is 6.23. The summed E-state index contributed by atoms with van der Waals surface area (Å²) in [6.07, 6.45) is 13.9. The molecule has 3 unspecified atom stereocenters. The van der Waals surface area contributed by atoms with Crippen molar-refractivity contribution in [2.45, 2.75) is 44.6 Å². The summed E-state index contributed by atoms with van der Waals surface area (Å²) in [6, 6.07) is 20.7. The van der Waals surface area contributed by atoms with E-state index in [1.807, 2.05) is 43.6 Å². The molecule has 5 nitrogen and oxygen atoms in total. The van der Waals surface area contributed by atoms with Crippen LogP contribution in [0.3, 0.4) is 0 Å². The highest BCUT2D eigenvalue weighted by Gasteiger charge is 2.30. The standard InChI is InChI=1S/C30H29N3O2/c1-3-9-23-16-26(17-28-27(23)13-7-14-29(28)35-21(2)34)33-20-25(19-32-33)30(22-10-5-4-6-11-22)24-12-8-15-31-18-24/h3-15,18-20,23,26,30H,16-17H2,1-2H3. The molecular weight excluding hydrogens is 434 g/mol. The number of pyridine rings is 1. The molecule has 0 saturated heterocycles. The summed E-state index contributed by atoms with van der Waals surface area (Å²) in [5.74, 6) is 0.642. The molecule has 5 heteroatoms. The maximum absolute atomic E-state index is 11.7. The number of hydrogen-bond donors (Lipinski definition) is 0. The van der Waals surface area contributed by atoms with Gasteiger partial charge in [-0.15, -0.1) is 0 Å². The van der Waals surface area contributed by atoms with Crippen molar-refractivity contribution in [2.75, 3.05) is 0 Å². The fourth-order valence-electron chi connectivity index (χ4n) is 5.23. The number of fused-ring (bicyclic) bond motifs is 1. The Morgan fingerprint density at radius 1 is 1.03 bits per heavy atom. The number of allylic oxidation sites excluding steroid dienone is 2. The van der Waals surface area contributed by atoms with E-state index in [0.717, 1.165) is 29.5 Å². The first-order valence-electron chi connectivity index (χ1n) is 12.1. The van der Waals surface area contributed by atoms with Crippen molar-refractivity contribution in [3.63, 3.8) is 0 Å². The third kappa shape index (κ3) is 4.80. The summed E-state index contributed by atoms with van der Waals surface area (Å²) in [4.78, 5) is 16.1. The minimum Gasteiger partial charge on any atom is -0.426 e. The van der Waals surface area contributed by atoms with E-state index in [1.165, 1.54) is 18.1 Å². The van der Waals surface area contributed by atoms with Crippen LogP contribution < -0.4 is 4.74 Å². The van der Waals surface area contributed by atoms with E-state index in [4.69, 9.17) is 9.84 Å². The molecule has 2 heterocycles. The van der Waals surface area contributed by atoms with Crippen molar-refractivity contribution in [2.24, 2.45) is 0 Å². The highest BCUT2D eigenvalue weighted by molar-refractivity contribution is 5.70. The molecule has 0 fully saturated rings. The quantitative estimate of drug-likeness (QED) is 0.193. The van der Waals surface area contributed by atoms with Crippen LogP contribution >= 0.6 is 0 Å². The Bertz CT molecular complexity index is 1290.